The average Bonchev–Trinajstić information content (AvgIpc) is 3.19. The van der Waals surface area contributed by atoms with Crippen LogP contribution in [-0.4, -0.2) is 31.0 Å². The first-order valence-corrected chi connectivity index (χ1v) is 12.7. The zero-order valence-corrected chi connectivity index (χ0v) is 22.6. The van der Waals surface area contributed by atoms with Crippen molar-refractivity contribution in [2.45, 2.75) is 25.6 Å². The van der Waals surface area contributed by atoms with Crippen molar-refractivity contribution in [2.24, 2.45) is 0 Å². The number of alkyl halides is 3. The molecule has 0 aliphatic carbocycles. The number of para-hydroxylation sites is 2. The third kappa shape index (κ3) is 5.92. The summed E-state index contributed by atoms with van der Waals surface area (Å²) in [5, 5.41) is 5.38. The molecule has 0 saturated carbocycles. The van der Waals surface area contributed by atoms with Crippen LogP contribution in [0.4, 0.5) is 49.5 Å². The molecule has 3 aromatic carbocycles. The summed E-state index contributed by atoms with van der Waals surface area (Å²) in [7, 11) is 1.52. The number of benzene rings is 3. The molecule has 12 heteroatoms. The van der Waals surface area contributed by atoms with Gasteiger partial charge in [-0.15, -0.1) is 13.2 Å². The van der Waals surface area contributed by atoms with Gasteiger partial charge in [-0.1, -0.05) is 32.0 Å². The fourth-order valence-corrected chi connectivity index (χ4v) is 5.15. The van der Waals surface area contributed by atoms with Crippen molar-refractivity contribution in [3.05, 3.63) is 90.3 Å². The Labute approximate surface area is 237 Å². The Balaban J connectivity index is 1.47. The van der Waals surface area contributed by atoms with Crippen LogP contribution in [0.3, 0.4) is 0 Å². The van der Waals surface area contributed by atoms with Crippen molar-refractivity contribution in [2.75, 3.05) is 29.2 Å². The molecule has 5 rings (SSSR count). The van der Waals surface area contributed by atoms with E-state index in [9.17, 15) is 26.7 Å². The van der Waals surface area contributed by atoms with Gasteiger partial charge in [-0.25, -0.2) is 4.79 Å². The van der Waals surface area contributed by atoms with Crippen molar-refractivity contribution in [1.82, 2.24) is 4.98 Å². The molecule has 4 aromatic rings. The molecule has 0 fully saturated rings. The summed E-state index contributed by atoms with van der Waals surface area (Å²) in [5.41, 5.74) is 3.19. The lowest BCUT2D eigenvalue weighted by Crippen LogP contribution is -2.27. The molecule has 0 spiro atoms. The number of fused-ring (bicyclic) bond motifs is 1. The summed E-state index contributed by atoms with van der Waals surface area (Å²) >= 11 is 0. The smallest absolute Gasteiger partial charge is 0.495 e. The number of rotatable bonds is 6. The SMILES string of the molecule is COc1ccc(-c2cc(F)nc(F)c2)c2c1N(c1ccccc1NC(=O)Nc1ccc(OC(F)(F)F)cc1)CC2(C)C. The van der Waals surface area contributed by atoms with Crippen LogP contribution in [0.2, 0.25) is 0 Å². The third-order valence-corrected chi connectivity index (χ3v) is 6.72. The number of nitrogens with zero attached hydrogens (tertiary/aromatic N) is 2. The van der Waals surface area contributed by atoms with Crippen LogP contribution >= 0.6 is 0 Å². The van der Waals surface area contributed by atoms with E-state index in [4.69, 9.17) is 4.74 Å². The number of aromatic nitrogens is 1. The Kier molecular flexibility index (Phi) is 7.40. The number of halogens is 5. The molecule has 1 aliphatic rings. The van der Waals surface area contributed by atoms with Gasteiger partial charge in [-0.2, -0.15) is 13.8 Å². The number of urea groups is 1. The van der Waals surface area contributed by atoms with Crippen molar-refractivity contribution in [3.8, 4) is 22.6 Å². The van der Waals surface area contributed by atoms with Crippen LogP contribution in [0.5, 0.6) is 11.5 Å². The molecule has 0 radical (unpaired) electrons. The second-order valence-electron chi connectivity index (χ2n) is 10.2. The highest BCUT2D eigenvalue weighted by Gasteiger charge is 2.41. The highest BCUT2D eigenvalue weighted by molar-refractivity contribution is 6.03. The van der Waals surface area contributed by atoms with E-state index in [0.717, 1.165) is 17.7 Å². The standard InChI is InChI=1S/C30H25F5N4O3/c1-29(2)16-39(27-23(41-3)13-12-20(26(27)29)17-14-24(31)38-25(32)15-17)22-7-5-4-6-21(22)37-28(40)36-18-8-10-19(11-9-18)42-30(33,34)35/h4-15H,16H2,1-3H3,(H2,36,37,40). The second kappa shape index (κ2) is 10.8. The van der Waals surface area contributed by atoms with Crippen molar-refractivity contribution >= 4 is 28.8 Å². The van der Waals surface area contributed by atoms with Crippen LogP contribution in [0, 0.1) is 11.9 Å². The number of carbonyl (C=O) groups is 1. The van der Waals surface area contributed by atoms with Crippen LogP contribution < -0.4 is 25.0 Å². The van der Waals surface area contributed by atoms with Gasteiger partial charge in [0.05, 0.1) is 24.2 Å². The second-order valence-corrected chi connectivity index (χ2v) is 10.2. The molecule has 1 aromatic heterocycles. The van der Waals surface area contributed by atoms with Gasteiger partial charge in [0, 0.05) is 29.8 Å². The molecule has 7 nitrogen and oxygen atoms in total. The van der Waals surface area contributed by atoms with Gasteiger partial charge in [0.2, 0.25) is 11.9 Å². The summed E-state index contributed by atoms with van der Waals surface area (Å²) in [6.45, 7) is 4.43. The lowest BCUT2D eigenvalue weighted by atomic mass is 9.82. The number of amides is 2. The van der Waals surface area contributed by atoms with Crippen LogP contribution in [0.15, 0.2) is 72.8 Å². The molecule has 2 N–H and O–H groups in total. The normalized spacial score (nSPS) is 13.9. The van der Waals surface area contributed by atoms with Gasteiger partial charge in [0.25, 0.3) is 0 Å². The Morgan fingerprint density at radius 1 is 0.952 bits per heavy atom. The average molecular weight is 585 g/mol. The summed E-state index contributed by atoms with van der Waals surface area (Å²) in [5.74, 6) is -1.77. The molecular formula is C30H25F5N4O3. The summed E-state index contributed by atoms with van der Waals surface area (Å²) in [6, 6.07) is 17.0. The molecule has 1 aliphatic heterocycles. The number of pyridine rings is 1. The van der Waals surface area contributed by atoms with E-state index in [-0.39, 0.29) is 5.69 Å². The monoisotopic (exact) mass is 584 g/mol. The van der Waals surface area contributed by atoms with E-state index in [0.29, 0.717) is 40.5 Å². The zero-order chi connectivity index (χ0) is 30.2. The molecular weight excluding hydrogens is 559 g/mol. The summed E-state index contributed by atoms with van der Waals surface area (Å²) < 4.78 is 75.0. The first kappa shape index (κ1) is 28.7. The Bertz CT molecular complexity index is 1620. The first-order chi connectivity index (χ1) is 19.8. The fourth-order valence-electron chi connectivity index (χ4n) is 5.15. The summed E-state index contributed by atoms with van der Waals surface area (Å²) in [4.78, 5) is 18.1. The number of ether oxygens (including phenoxy) is 2. The van der Waals surface area contributed by atoms with Gasteiger partial charge in [0.15, 0.2) is 0 Å². The predicted octanol–water partition coefficient (Wildman–Crippen LogP) is 8.01. The largest absolute Gasteiger partial charge is 0.573 e. The third-order valence-electron chi connectivity index (χ3n) is 6.72. The van der Waals surface area contributed by atoms with Crippen LogP contribution in [-0.2, 0) is 5.41 Å². The van der Waals surface area contributed by atoms with Gasteiger partial charge >= 0.3 is 12.4 Å². The van der Waals surface area contributed by atoms with E-state index in [1.165, 1.54) is 31.4 Å². The lowest BCUT2D eigenvalue weighted by Gasteiger charge is -2.25. The molecule has 42 heavy (non-hydrogen) atoms. The predicted molar refractivity (Wildman–Crippen MR) is 148 cm³/mol. The molecule has 2 amide bonds. The molecule has 0 saturated heterocycles. The minimum atomic E-state index is -4.83. The van der Waals surface area contributed by atoms with E-state index >= 15 is 0 Å². The van der Waals surface area contributed by atoms with Gasteiger partial charge in [0.1, 0.15) is 11.5 Å². The fraction of sp³-hybridized carbons (Fsp3) is 0.200. The van der Waals surface area contributed by atoms with Gasteiger partial charge in [-0.05, 0) is 59.2 Å². The number of nitrogens with one attached hydrogen (secondary N) is 2. The molecule has 0 bridgehead atoms. The Morgan fingerprint density at radius 3 is 2.26 bits per heavy atom. The maximum Gasteiger partial charge on any atom is 0.573 e. The lowest BCUT2D eigenvalue weighted by molar-refractivity contribution is -0.274. The van der Waals surface area contributed by atoms with E-state index < -0.39 is 35.5 Å². The van der Waals surface area contributed by atoms with E-state index in [1.54, 1.807) is 30.3 Å². The molecule has 0 unspecified atom stereocenters. The quantitative estimate of drug-likeness (QED) is 0.177. The van der Waals surface area contributed by atoms with Crippen molar-refractivity contribution in [1.29, 1.82) is 0 Å². The Hall–Kier alpha value is -4.87. The number of hydrogen-bond donors (Lipinski definition) is 2. The molecule has 2 heterocycles. The number of hydrogen-bond acceptors (Lipinski definition) is 5. The van der Waals surface area contributed by atoms with Crippen molar-refractivity contribution in [3.63, 3.8) is 0 Å². The zero-order valence-electron chi connectivity index (χ0n) is 22.6. The Morgan fingerprint density at radius 2 is 1.62 bits per heavy atom. The minimum Gasteiger partial charge on any atom is -0.495 e. The first-order valence-electron chi connectivity index (χ1n) is 12.7. The molecule has 218 valence electrons. The maximum atomic E-state index is 14.1. The van der Waals surface area contributed by atoms with E-state index in [1.807, 2.05) is 24.8 Å². The minimum absolute atomic E-state index is 0.246. The van der Waals surface area contributed by atoms with Gasteiger partial charge in [-0.3, -0.25) is 0 Å². The van der Waals surface area contributed by atoms with Gasteiger partial charge < -0.3 is 25.0 Å². The number of methoxy groups -OCH3 is 1. The van der Waals surface area contributed by atoms with Crippen LogP contribution in [0.25, 0.3) is 11.1 Å². The maximum absolute atomic E-state index is 14.1. The molecule has 0 atom stereocenters. The summed E-state index contributed by atoms with van der Waals surface area (Å²) in [6.07, 6.45) is -4.83. The highest BCUT2D eigenvalue weighted by Crippen LogP contribution is 2.54. The van der Waals surface area contributed by atoms with Crippen LogP contribution in [0.1, 0.15) is 19.4 Å². The number of carbonyl (C=O) groups excluding carboxylic acids is 1. The highest BCUT2D eigenvalue weighted by atomic mass is 19.4. The number of anilines is 4. The van der Waals surface area contributed by atoms with Crippen molar-refractivity contribution < 1.29 is 36.2 Å². The topological polar surface area (TPSA) is 75.7 Å². The van der Waals surface area contributed by atoms with E-state index in [2.05, 4.69) is 20.4 Å².